The Hall–Kier alpha value is -1.31. The maximum Gasteiger partial charge on any atom is 0.119 e. The Kier molecular flexibility index (Phi) is 8.94. The van der Waals surface area contributed by atoms with Crippen LogP contribution >= 0.6 is 34.7 Å². The smallest absolute Gasteiger partial charge is 0.119 e. The van der Waals surface area contributed by atoms with Crippen molar-refractivity contribution in [3.8, 4) is 5.75 Å². The van der Waals surface area contributed by atoms with Crippen molar-refractivity contribution in [1.29, 1.82) is 0 Å². The fraction of sp³-hybridized carbons (Fsp3) is 0.500. The van der Waals surface area contributed by atoms with E-state index in [1.807, 2.05) is 41.3 Å². The summed E-state index contributed by atoms with van der Waals surface area (Å²) < 4.78 is 6.82. The Bertz CT molecular complexity index is 1020. The molecule has 1 aliphatic rings. The van der Waals surface area contributed by atoms with Crippen molar-refractivity contribution in [1.82, 2.24) is 9.88 Å². The number of halogens is 1. The molecule has 0 unspecified atom stereocenters. The van der Waals surface area contributed by atoms with Crippen molar-refractivity contribution in [2.24, 2.45) is 5.41 Å². The van der Waals surface area contributed by atoms with Gasteiger partial charge in [0, 0.05) is 23.9 Å². The summed E-state index contributed by atoms with van der Waals surface area (Å²) in [4.78, 5) is 7.04. The number of nitrogens with zero attached hydrogens (tertiary/aromatic N) is 2. The molecule has 7 heteroatoms. The van der Waals surface area contributed by atoms with Crippen molar-refractivity contribution in [2.75, 3.05) is 39.1 Å². The summed E-state index contributed by atoms with van der Waals surface area (Å²) in [5.41, 5.74) is 2.11. The number of pyridine rings is 1. The Balaban J connectivity index is 1.27. The lowest BCUT2D eigenvalue weighted by molar-refractivity contribution is 0.0358. The van der Waals surface area contributed by atoms with Gasteiger partial charge in [0.15, 0.2) is 0 Å². The summed E-state index contributed by atoms with van der Waals surface area (Å²) in [7, 11) is 1.68. The fourth-order valence-corrected chi connectivity index (χ4v) is 6.80. The molecule has 3 heterocycles. The van der Waals surface area contributed by atoms with Crippen LogP contribution in [0.3, 0.4) is 0 Å². The number of methoxy groups -OCH3 is 1. The lowest BCUT2D eigenvalue weighted by Crippen LogP contribution is -2.42. The number of fused-ring (bicyclic) bond motifs is 1. The van der Waals surface area contributed by atoms with Gasteiger partial charge >= 0.3 is 0 Å². The maximum atomic E-state index is 10.3. The number of hydrogen-bond donors (Lipinski definition) is 1. The van der Waals surface area contributed by atoms with Crippen molar-refractivity contribution in [3.63, 3.8) is 0 Å². The Labute approximate surface area is 210 Å². The van der Waals surface area contributed by atoms with Crippen LogP contribution in [0.25, 0.3) is 10.9 Å². The summed E-state index contributed by atoms with van der Waals surface area (Å²) in [6.07, 6.45) is 8.02. The minimum atomic E-state index is 0.0369. The molecule has 1 aromatic carbocycles. The van der Waals surface area contributed by atoms with Gasteiger partial charge in [-0.3, -0.25) is 4.98 Å². The number of ether oxygens (including phenoxy) is 1. The van der Waals surface area contributed by atoms with Crippen molar-refractivity contribution in [3.05, 3.63) is 52.5 Å². The van der Waals surface area contributed by atoms with Gasteiger partial charge in [0.05, 0.1) is 21.9 Å². The molecule has 1 saturated heterocycles. The fourth-order valence-electron chi connectivity index (χ4n) is 4.77. The molecule has 178 valence electrons. The van der Waals surface area contributed by atoms with E-state index in [4.69, 9.17) is 16.3 Å². The molecule has 0 atom stereocenters. The third-order valence-corrected chi connectivity index (χ3v) is 9.42. The highest BCUT2D eigenvalue weighted by Gasteiger charge is 2.33. The van der Waals surface area contributed by atoms with E-state index in [1.54, 1.807) is 13.3 Å². The number of aryl methyl sites for hydroxylation is 1. The molecule has 0 amide bonds. The molecular weight excluding hydrogens is 472 g/mol. The van der Waals surface area contributed by atoms with Crippen LogP contribution in [-0.4, -0.2) is 54.1 Å². The molecule has 0 radical (unpaired) electrons. The number of piperidine rings is 1. The first-order valence-electron chi connectivity index (χ1n) is 11.7. The molecule has 4 rings (SSSR count). The number of rotatable bonds is 11. The van der Waals surface area contributed by atoms with Gasteiger partial charge in [-0.05, 0) is 98.8 Å². The normalized spacial score (nSPS) is 16.3. The average molecular weight is 505 g/mol. The number of likely N-dealkylation sites (tertiary alicyclic amines) is 1. The molecular formula is C26H33ClN2O2S2. The highest BCUT2D eigenvalue weighted by molar-refractivity contribution is 8.01. The van der Waals surface area contributed by atoms with Crippen LogP contribution in [0.5, 0.6) is 5.75 Å². The van der Waals surface area contributed by atoms with E-state index >= 15 is 0 Å². The summed E-state index contributed by atoms with van der Waals surface area (Å²) in [5.74, 6) is 1.99. The third-order valence-electron chi connectivity index (χ3n) is 6.88. The van der Waals surface area contributed by atoms with E-state index in [0.717, 1.165) is 74.0 Å². The lowest BCUT2D eigenvalue weighted by Gasteiger charge is -2.41. The predicted octanol–water partition coefficient (Wildman–Crippen LogP) is 6.54. The second-order valence-electron chi connectivity index (χ2n) is 8.96. The number of thioether (sulfide) groups is 1. The van der Waals surface area contributed by atoms with Gasteiger partial charge in [0.1, 0.15) is 5.75 Å². The molecule has 0 spiro atoms. The van der Waals surface area contributed by atoms with Crippen molar-refractivity contribution < 1.29 is 9.84 Å². The molecule has 33 heavy (non-hydrogen) atoms. The van der Waals surface area contributed by atoms with Crippen LogP contribution in [0.2, 0.25) is 5.02 Å². The molecule has 4 nitrogen and oxygen atoms in total. The van der Waals surface area contributed by atoms with E-state index in [-0.39, 0.29) is 12.0 Å². The van der Waals surface area contributed by atoms with E-state index < -0.39 is 0 Å². The zero-order chi connectivity index (χ0) is 23.1. The van der Waals surface area contributed by atoms with Gasteiger partial charge < -0.3 is 14.7 Å². The van der Waals surface area contributed by atoms with E-state index in [0.29, 0.717) is 5.02 Å². The van der Waals surface area contributed by atoms with Gasteiger partial charge in [0.2, 0.25) is 0 Å². The molecule has 0 aliphatic carbocycles. The molecule has 1 N–H and O–H groups in total. The van der Waals surface area contributed by atoms with Gasteiger partial charge in [-0.25, -0.2) is 0 Å². The first kappa shape index (κ1) is 24.8. The zero-order valence-electron chi connectivity index (χ0n) is 19.3. The highest BCUT2D eigenvalue weighted by atomic mass is 35.5. The molecule has 0 saturated carbocycles. The Morgan fingerprint density at radius 3 is 2.82 bits per heavy atom. The minimum Gasteiger partial charge on any atom is -0.497 e. The molecule has 3 aromatic rings. The number of hydrogen-bond acceptors (Lipinski definition) is 6. The minimum absolute atomic E-state index is 0.0369. The first-order valence-corrected chi connectivity index (χ1v) is 14.0. The van der Waals surface area contributed by atoms with Crippen LogP contribution in [0.15, 0.2) is 46.1 Å². The predicted molar refractivity (Wildman–Crippen MR) is 141 cm³/mol. The topological polar surface area (TPSA) is 45.6 Å². The summed E-state index contributed by atoms with van der Waals surface area (Å²) >= 11 is 10.3. The van der Waals surface area contributed by atoms with Crippen molar-refractivity contribution >= 4 is 45.6 Å². The SMILES string of the molecule is COc1ccc2ncc(Cl)c(CCCC3(CO)CCN(CCCSc4cccs4)CC3)c2c1. The van der Waals surface area contributed by atoms with Gasteiger partial charge in [-0.2, -0.15) is 0 Å². The van der Waals surface area contributed by atoms with Crippen molar-refractivity contribution in [2.45, 2.75) is 42.7 Å². The second-order valence-corrected chi connectivity index (χ2v) is 11.7. The number of benzene rings is 1. The molecule has 2 aromatic heterocycles. The number of thiophene rings is 1. The quantitative estimate of drug-likeness (QED) is 0.237. The number of aromatic nitrogens is 1. The lowest BCUT2D eigenvalue weighted by atomic mass is 9.75. The van der Waals surface area contributed by atoms with Crippen LogP contribution in [0, 0.1) is 5.41 Å². The largest absolute Gasteiger partial charge is 0.497 e. The van der Waals surface area contributed by atoms with E-state index in [9.17, 15) is 5.11 Å². The van der Waals surface area contributed by atoms with E-state index in [1.165, 1.54) is 16.4 Å². The standard InChI is InChI=1S/C26H33ClN2O2S2/c1-31-20-7-8-24-22(17-20)21(23(27)18-28-24)5-2-9-26(19-30)10-13-29(14-11-26)12-4-16-33-25-6-3-15-32-25/h3,6-8,15,17-18,30H,2,4-5,9-14,16,19H2,1H3. The maximum absolute atomic E-state index is 10.3. The second kappa shape index (κ2) is 11.9. The highest BCUT2D eigenvalue weighted by Crippen LogP contribution is 2.37. The van der Waals surface area contributed by atoms with Gasteiger partial charge in [0.25, 0.3) is 0 Å². The van der Waals surface area contributed by atoms with Crippen LogP contribution in [-0.2, 0) is 6.42 Å². The van der Waals surface area contributed by atoms with E-state index in [2.05, 4.69) is 27.4 Å². The average Bonchev–Trinajstić information content (AvgIpc) is 3.37. The van der Waals surface area contributed by atoms with Gasteiger partial charge in [-0.15, -0.1) is 23.1 Å². The Morgan fingerprint density at radius 1 is 1.24 bits per heavy atom. The van der Waals surface area contributed by atoms with Crippen LogP contribution < -0.4 is 4.74 Å². The number of aliphatic hydroxyl groups is 1. The Morgan fingerprint density at radius 2 is 2.09 bits per heavy atom. The summed E-state index contributed by atoms with van der Waals surface area (Å²) in [5, 5.41) is 14.2. The summed E-state index contributed by atoms with van der Waals surface area (Å²) in [6.45, 7) is 3.59. The van der Waals surface area contributed by atoms with Crippen LogP contribution in [0.4, 0.5) is 0 Å². The molecule has 1 fully saturated rings. The third kappa shape index (κ3) is 6.43. The monoisotopic (exact) mass is 504 g/mol. The van der Waals surface area contributed by atoms with Crippen LogP contribution in [0.1, 0.15) is 37.7 Å². The number of aliphatic hydroxyl groups excluding tert-OH is 1. The zero-order valence-corrected chi connectivity index (χ0v) is 21.7. The van der Waals surface area contributed by atoms with Gasteiger partial charge in [-0.1, -0.05) is 17.7 Å². The first-order chi connectivity index (χ1) is 16.1. The molecule has 0 bridgehead atoms. The molecule has 1 aliphatic heterocycles. The summed E-state index contributed by atoms with van der Waals surface area (Å²) in [6, 6.07) is 10.3.